The highest BCUT2D eigenvalue weighted by atomic mass is 16.3. The summed E-state index contributed by atoms with van der Waals surface area (Å²) in [4.78, 5) is 2.07. The van der Waals surface area contributed by atoms with Gasteiger partial charge < -0.3 is 10.0 Å². The lowest BCUT2D eigenvalue weighted by molar-refractivity contribution is -0.0300. The average Bonchev–Trinajstić information content (AvgIpc) is 2.24. The van der Waals surface area contributed by atoms with Gasteiger partial charge in [0.25, 0.3) is 0 Å². The molecule has 90 valence electrons. The minimum atomic E-state index is -0.600. The van der Waals surface area contributed by atoms with E-state index in [9.17, 15) is 5.11 Å². The molecule has 1 aromatic rings. The molecule has 1 aliphatic heterocycles. The van der Waals surface area contributed by atoms with Gasteiger partial charge in [-0.25, -0.2) is 0 Å². The van der Waals surface area contributed by atoms with E-state index in [1.165, 1.54) is 0 Å². The first-order valence-corrected chi connectivity index (χ1v) is 5.94. The molecule has 0 aromatic heterocycles. The van der Waals surface area contributed by atoms with Gasteiger partial charge in [-0.2, -0.15) is 5.26 Å². The van der Waals surface area contributed by atoms with Crippen LogP contribution in [0.4, 0.5) is 5.69 Å². The van der Waals surface area contributed by atoms with E-state index in [1.807, 2.05) is 39.0 Å². The molecule has 1 aromatic carbocycles. The molecule has 0 spiro atoms. The van der Waals surface area contributed by atoms with E-state index in [-0.39, 0.29) is 5.92 Å². The first-order valence-electron chi connectivity index (χ1n) is 5.94. The van der Waals surface area contributed by atoms with Crippen molar-refractivity contribution in [2.45, 2.75) is 26.4 Å². The van der Waals surface area contributed by atoms with Crippen LogP contribution in [0, 0.1) is 24.2 Å². The van der Waals surface area contributed by atoms with Crippen LogP contribution in [0.25, 0.3) is 0 Å². The Bertz CT molecular complexity index is 468. The van der Waals surface area contributed by atoms with Crippen LogP contribution >= 0.6 is 0 Å². The first-order chi connectivity index (χ1) is 7.96. The lowest BCUT2D eigenvalue weighted by atomic mass is 9.82. The van der Waals surface area contributed by atoms with Gasteiger partial charge in [-0.15, -0.1) is 0 Å². The van der Waals surface area contributed by atoms with E-state index in [1.54, 1.807) is 0 Å². The second-order valence-electron chi connectivity index (χ2n) is 5.25. The molecule has 1 heterocycles. The Balaban J connectivity index is 2.20. The molecular formula is C14H18N2O. The largest absolute Gasteiger partial charge is 0.386 e. The quantitative estimate of drug-likeness (QED) is 0.846. The lowest BCUT2D eigenvalue weighted by Gasteiger charge is -2.50. The maximum absolute atomic E-state index is 10.2. The van der Waals surface area contributed by atoms with Crippen LogP contribution in [-0.4, -0.2) is 23.8 Å². The van der Waals surface area contributed by atoms with E-state index in [0.29, 0.717) is 18.7 Å². The van der Waals surface area contributed by atoms with Crippen LogP contribution in [-0.2, 0) is 0 Å². The summed E-state index contributed by atoms with van der Waals surface area (Å²) in [5.41, 5.74) is 2.11. The maximum atomic E-state index is 10.2. The Hall–Kier alpha value is -1.53. The number of aliphatic hydroxyl groups is 1. The molecule has 17 heavy (non-hydrogen) atoms. The van der Waals surface area contributed by atoms with Gasteiger partial charge in [-0.1, -0.05) is 19.9 Å². The van der Waals surface area contributed by atoms with Gasteiger partial charge in [0.1, 0.15) is 11.7 Å². The fraction of sp³-hybridized carbons (Fsp3) is 0.500. The molecule has 0 atom stereocenters. The molecule has 1 fully saturated rings. The highest BCUT2D eigenvalue weighted by Crippen LogP contribution is 2.34. The molecule has 0 saturated carbocycles. The van der Waals surface area contributed by atoms with Crippen LogP contribution in [0.1, 0.15) is 25.0 Å². The molecule has 3 heteroatoms. The van der Waals surface area contributed by atoms with Crippen molar-refractivity contribution >= 4 is 5.69 Å². The van der Waals surface area contributed by atoms with Crippen LogP contribution in [0.2, 0.25) is 0 Å². The van der Waals surface area contributed by atoms with Crippen molar-refractivity contribution in [1.29, 1.82) is 5.26 Å². The summed E-state index contributed by atoms with van der Waals surface area (Å²) in [5, 5.41) is 19.3. The molecular weight excluding hydrogens is 212 g/mol. The summed E-state index contributed by atoms with van der Waals surface area (Å²) < 4.78 is 0. The van der Waals surface area contributed by atoms with Crippen LogP contribution in [0.5, 0.6) is 0 Å². The normalized spacial score (nSPS) is 17.8. The second-order valence-corrected chi connectivity index (χ2v) is 5.25. The second kappa shape index (κ2) is 4.05. The Kier molecular flexibility index (Phi) is 2.84. The van der Waals surface area contributed by atoms with Crippen molar-refractivity contribution in [2.75, 3.05) is 18.0 Å². The zero-order valence-electron chi connectivity index (χ0n) is 10.6. The molecule has 2 rings (SSSR count). The topological polar surface area (TPSA) is 47.3 Å². The van der Waals surface area contributed by atoms with Gasteiger partial charge in [0.15, 0.2) is 0 Å². The van der Waals surface area contributed by atoms with E-state index >= 15 is 0 Å². The number of hydrogen-bond donors (Lipinski definition) is 1. The molecule has 3 nitrogen and oxygen atoms in total. The average molecular weight is 230 g/mol. The van der Waals surface area contributed by atoms with Crippen molar-refractivity contribution < 1.29 is 5.11 Å². The monoisotopic (exact) mass is 230 g/mol. The van der Waals surface area contributed by atoms with Crippen LogP contribution in [0.3, 0.4) is 0 Å². The highest BCUT2D eigenvalue weighted by molar-refractivity contribution is 5.62. The molecule has 1 aliphatic rings. The molecule has 1 N–H and O–H groups in total. The molecule has 1 saturated heterocycles. The molecule has 0 unspecified atom stereocenters. The number of hydrogen-bond acceptors (Lipinski definition) is 3. The van der Waals surface area contributed by atoms with Crippen LogP contribution in [0.15, 0.2) is 18.2 Å². The van der Waals surface area contributed by atoms with Crippen molar-refractivity contribution in [2.24, 2.45) is 5.92 Å². The zero-order chi connectivity index (χ0) is 12.6. The Labute approximate surface area is 102 Å². The zero-order valence-corrected chi connectivity index (χ0v) is 10.6. The molecule has 0 aliphatic carbocycles. The molecule has 0 bridgehead atoms. The maximum Gasteiger partial charge on any atom is 0.102 e. The fourth-order valence-electron chi connectivity index (χ4n) is 2.17. The number of nitriles is 1. The predicted molar refractivity (Wildman–Crippen MR) is 67.9 cm³/mol. The summed E-state index contributed by atoms with van der Waals surface area (Å²) in [6.45, 7) is 7.26. The molecule has 0 amide bonds. The Morgan fingerprint density at radius 2 is 2.06 bits per heavy atom. The van der Waals surface area contributed by atoms with Gasteiger partial charge in [-0.3, -0.25) is 0 Å². The molecule has 0 radical (unpaired) electrons. The number of β-amino-alcohol motifs (C(OH)–C–C–N with tert-alkyl or cyclic N) is 1. The highest BCUT2D eigenvalue weighted by Gasteiger charge is 2.44. The van der Waals surface area contributed by atoms with Crippen LogP contribution < -0.4 is 4.90 Å². The third-order valence-electron chi connectivity index (χ3n) is 3.62. The van der Waals surface area contributed by atoms with Crippen molar-refractivity contribution in [3.05, 3.63) is 29.3 Å². The van der Waals surface area contributed by atoms with Gasteiger partial charge >= 0.3 is 0 Å². The number of nitrogens with zero attached hydrogens (tertiary/aromatic N) is 2. The Morgan fingerprint density at radius 1 is 1.41 bits per heavy atom. The van der Waals surface area contributed by atoms with E-state index in [2.05, 4.69) is 11.0 Å². The first kappa shape index (κ1) is 11.9. The van der Waals surface area contributed by atoms with Crippen molar-refractivity contribution in [1.82, 2.24) is 0 Å². The minimum Gasteiger partial charge on any atom is -0.386 e. The Morgan fingerprint density at radius 3 is 2.59 bits per heavy atom. The van der Waals surface area contributed by atoms with E-state index < -0.39 is 5.60 Å². The number of aryl methyl sites for hydroxylation is 1. The van der Waals surface area contributed by atoms with E-state index in [4.69, 9.17) is 5.26 Å². The third kappa shape index (κ3) is 2.01. The smallest absolute Gasteiger partial charge is 0.102 e. The van der Waals surface area contributed by atoms with E-state index in [0.717, 1.165) is 11.3 Å². The summed E-state index contributed by atoms with van der Waals surface area (Å²) >= 11 is 0. The summed E-state index contributed by atoms with van der Waals surface area (Å²) in [7, 11) is 0. The van der Waals surface area contributed by atoms with Crippen molar-refractivity contribution in [3.63, 3.8) is 0 Å². The minimum absolute atomic E-state index is 0.245. The predicted octanol–water partition coefficient (Wildman–Crippen LogP) is 2.07. The van der Waals surface area contributed by atoms with Gasteiger partial charge in [-0.05, 0) is 30.5 Å². The number of rotatable bonds is 2. The summed E-state index contributed by atoms with van der Waals surface area (Å²) in [6, 6.07) is 8.08. The van der Waals surface area contributed by atoms with Crippen molar-refractivity contribution in [3.8, 4) is 6.07 Å². The standard InChI is InChI=1S/C14H18N2O/c1-10(2)14(17)8-16(9-14)13-5-4-11(3)6-12(13)7-15/h4-6,10,17H,8-9H2,1-3H3. The van der Waals surface area contributed by atoms with Gasteiger partial charge in [0.05, 0.1) is 11.3 Å². The lowest BCUT2D eigenvalue weighted by Crippen LogP contribution is -2.64. The third-order valence-corrected chi connectivity index (χ3v) is 3.62. The van der Waals surface area contributed by atoms with Gasteiger partial charge in [0.2, 0.25) is 0 Å². The number of benzene rings is 1. The number of anilines is 1. The van der Waals surface area contributed by atoms with Gasteiger partial charge in [0, 0.05) is 13.1 Å². The fourth-order valence-corrected chi connectivity index (χ4v) is 2.17. The summed E-state index contributed by atoms with van der Waals surface area (Å²) in [5.74, 6) is 0.245. The SMILES string of the molecule is Cc1ccc(N2CC(O)(C(C)C)C2)c(C#N)c1. The summed E-state index contributed by atoms with van der Waals surface area (Å²) in [6.07, 6.45) is 0.